The number of halogens is 1. The molecule has 0 saturated heterocycles. The summed E-state index contributed by atoms with van der Waals surface area (Å²) < 4.78 is 34.9. The zero-order valence-electron chi connectivity index (χ0n) is 18.1. The Hall–Kier alpha value is -2.63. The second-order valence-corrected chi connectivity index (χ2v) is 10.8. The lowest BCUT2D eigenvalue weighted by Gasteiger charge is -2.25. The van der Waals surface area contributed by atoms with Gasteiger partial charge in [-0.3, -0.25) is 4.79 Å². The topological polar surface area (TPSA) is 119 Å². The minimum atomic E-state index is -3.69. The summed E-state index contributed by atoms with van der Waals surface area (Å²) in [7, 11) is -2.40. The molecule has 0 fully saturated rings. The number of anilines is 1. The molecular formula is C21H23ClN2O7S2. The first-order valence-electron chi connectivity index (χ1n) is 10.1. The predicted octanol–water partition coefficient (Wildman–Crippen LogP) is 3.51. The lowest BCUT2D eigenvalue weighted by molar-refractivity contribution is -0.115. The molecule has 2 heterocycles. The molecule has 2 amide bonds. The fourth-order valence-corrected chi connectivity index (χ4v) is 6.01. The van der Waals surface area contributed by atoms with Crippen molar-refractivity contribution >= 4 is 55.7 Å². The number of hydrogen-bond acceptors (Lipinski definition) is 8. The number of esters is 1. The second kappa shape index (κ2) is 10.5. The van der Waals surface area contributed by atoms with Gasteiger partial charge >= 0.3 is 12.1 Å². The van der Waals surface area contributed by atoms with Crippen LogP contribution in [0.2, 0.25) is 5.02 Å². The van der Waals surface area contributed by atoms with E-state index >= 15 is 0 Å². The zero-order chi connectivity index (χ0) is 24.2. The molecule has 0 spiro atoms. The Balaban J connectivity index is 1.77. The Bertz CT molecular complexity index is 1160. The number of carbonyl (C=O) groups excluding carboxylic acids is 3. The predicted molar refractivity (Wildman–Crippen MR) is 124 cm³/mol. The van der Waals surface area contributed by atoms with Gasteiger partial charge in [-0.05, 0) is 43.2 Å². The number of carbonyl (C=O) groups is 3. The third kappa shape index (κ3) is 5.84. The van der Waals surface area contributed by atoms with Crippen LogP contribution in [0.3, 0.4) is 0 Å². The van der Waals surface area contributed by atoms with Crippen molar-refractivity contribution in [3.05, 3.63) is 45.3 Å². The fraction of sp³-hybridized carbons (Fsp3) is 0.381. The number of nitrogens with one attached hydrogen (secondary N) is 1. The van der Waals surface area contributed by atoms with Crippen molar-refractivity contribution in [1.29, 1.82) is 0 Å². The van der Waals surface area contributed by atoms with Gasteiger partial charge in [0.15, 0.2) is 9.84 Å². The summed E-state index contributed by atoms with van der Waals surface area (Å²) in [4.78, 5) is 39.4. The minimum Gasteiger partial charge on any atom is -0.462 e. The van der Waals surface area contributed by atoms with Gasteiger partial charge in [0.25, 0.3) is 0 Å². The summed E-state index contributed by atoms with van der Waals surface area (Å²) in [5.74, 6) is -1.54. The van der Waals surface area contributed by atoms with E-state index in [1.54, 1.807) is 6.92 Å². The first-order chi connectivity index (χ1) is 15.7. The van der Waals surface area contributed by atoms with E-state index < -0.39 is 33.6 Å². The number of benzene rings is 1. The number of fused-ring (bicyclic) bond motifs is 1. The van der Waals surface area contributed by atoms with Gasteiger partial charge in [-0.1, -0.05) is 11.6 Å². The third-order valence-electron chi connectivity index (χ3n) is 4.99. The highest BCUT2D eigenvalue weighted by Crippen LogP contribution is 2.38. The maximum atomic E-state index is 12.6. The van der Waals surface area contributed by atoms with Crippen LogP contribution in [0.25, 0.3) is 0 Å². The average molecular weight is 515 g/mol. The number of thiophene rings is 1. The molecule has 33 heavy (non-hydrogen) atoms. The lowest BCUT2D eigenvalue weighted by Crippen LogP contribution is -2.35. The molecule has 1 N–H and O–H groups in total. The Labute approximate surface area is 200 Å². The van der Waals surface area contributed by atoms with Gasteiger partial charge in [0.1, 0.15) is 5.00 Å². The lowest BCUT2D eigenvalue weighted by atomic mass is 10.0. The van der Waals surface area contributed by atoms with E-state index in [0.29, 0.717) is 23.6 Å². The molecule has 0 unspecified atom stereocenters. The molecule has 3 rings (SSSR count). The van der Waals surface area contributed by atoms with Gasteiger partial charge in [-0.15, -0.1) is 11.3 Å². The van der Waals surface area contributed by atoms with E-state index in [2.05, 4.69) is 5.32 Å². The maximum Gasteiger partial charge on any atom is 0.409 e. The van der Waals surface area contributed by atoms with E-state index in [1.807, 2.05) is 0 Å². The normalized spacial score (nSPS) is 13.2. The van der Waals surface area contributed by atoms with Crippen LogP contribution in [-0.4, -0.2) is 57.3 Å². The monoisotopic (exact) mass is 514 g/mol. The van der Waals surface area contributed by atoms with E-state index in [9.17, 15) is 22.8 Å². The highest BCUT2D eigenvalue weighted by atomic mass is 35.5. The van der Waals surface area contributed by atoms with Crippen molar-refractivity contribution < 1.29 is 32.3 Å². The summed E-state index contributed by atoms with van der Waals surface area (Å²) in [6.07, 6.45) is -0.385. The third-order valence-corrected chi connectivity index (χ3v) is 8.11. The molecule has 2 aromatic rings. The first kappa shape index (κ1) is 25.0. The molecule has 9 nitrogen and oxygen atoms in total. The quantitative estimate of drug-likeness (QED) is 0.561. The van der Waals surface area contributed by atoms with Crippen LogP contribution in [0.15, 0.2) is 29.2 Å². The van der Waals surface area contributed by atoms with Gasteiger partial charge in [0.05, 0.1) is 36.5 Å². The Morgan fingerprint density at radius 3 is 2.55 bits per heavy atom. The smallest absolute Gasteiger partial charge is 0.409 e. The van der Waals surface area contributed by atoms with E-state index in [1.165, 1.54) is 36.3 Å². The standard InChI is InChI=1S/C21H23ClN2O7S2/c1-3-31-20(26)18-15-8-10-24(21(27)30-2)12-16(15)32-19(18)23-17(25)9-11-33(28,29)14-6-4-13(22)5-7-14/h4-7H,3,8-12H2,1-2H3,(H,23,25). The van der Waals surface area contributed by atoms with Crippen molar-refractivity contribution in [1.82, 2.24) is 4.90 Å². The van der Waals surface area contributed by atoms with Crippen LogP contribution in [0, 0.1) is 0 Å². The molecule has 1 aliphatic heterocycles. The number of methoxy groups -OCH3 is 1. The highest BCUT2D eigenvalue weighted by Gasteiger charge is 2.31. The van der Waals surface area contributed by atoms with Crippen LogP contribution in [0.5, 0.6) is 0 Å². The Morgan fingerprint density at radius 2 is 1.91 bits per heavy atom. The zero-order valence-corrected chi connectivity index (χ0v) is 20.4. The highest BCUT2D eigenvalue weighted by molar-refractivity contribution is 7.91. The van der Waals surface area contributed by atoms with Crippen LogP contribution in [0.4, 0.5) is 9.80 Å². The number of hydrogen-bond donors (Lipinski definition) is 1. The molecule has 12 heteroatoms. The summed E-state index contributed by atoms with van der Waals surface area (Å²) in [5, 5.41) is 3.34. The van der Waals surface area contributed by atoms with Crippen molar-refractivity contribution in [3.63, 3.8) is 0 Å². The molecule has 0 atom stereocenters. The molecule has 0 radical (unpaired) electrons. The number of ether oxygens (including phenoxy) is 2. The van der Waals surface area contributed by atoms with Crippen LogP contribution < -0.4 is 5.32 Å². The van der Waals surface area contributed by atoms with Crippen molar-refractivity contribution in [2.75, 3.05) is 31.3 Å². The van der Waals surface area contributed by atoms with Gasteiger partial charge in [-0.25, -0.2) is 18.0 Å². The van der Waals surface area contributed by atoms with Crippen molar-refractivity contribution in [2.24, 2.45) is 0 Å². The van der Waals surface area contributed by atoms with Crippen molar-refractivity contribution in [2.45, 2.75) is 31.2 Å². The van der Waals surface area contributed by atoms with Gasteiger partial charge in [-0.2, -0.15) is 0 Å². The number of nitrogens with zero attached hydrogens (tertiary/aromatic N) is 1. The van der Waals surface area contributed by atoms with Crippen LogP contribution in [-0.2, 0) is 37.1 Å². The van der Waals surface area contributed by atoms with Gasteiger partial charge < -0.3 is 19.7 Å². The Morgan fingerprint density at radius 1 is 1.21 bits per heavy atom. The SMILES string of the molecule is CCOC(=O)c1c(NC(=O)CCS(=O)(=O)c2ccc(Cl)cc2)sc2c1CCN(C(=O)OC)C2. The van der Waals surface area contributed by atoms with Gasteiger partial charge in [0, 0.05) is 22.9 Å². The number of sulfone groups is 1. The molecule has 1 aromatic heterocycles. The van der Waals surface area contributed by atoms with E-state index in [-0.39, 0.29) is 35.0 Å². The van der Waals surface area contributed by atoms with Gasteiger partial charge in [0.2, 0.25) is 5.91 Å². The first-order valence-corrected chi connectivity index (χ1v) is 12.9. The maximum absolute atomic E-state index is 12.6. The largest absolute Gasteiger partial charge is 0.462 e. The van der Waals surface area contributed by atoms with Crippen LogP contribution in [0.1, 0.15) is 34.1 Å². The summed E-state index contributed by atoms with van der Waals surface area (Å²) in [6, 6.07) is 5.70. The molecule has 1 aliphatic rings. The van der Waals surface area contributed by atoms with E-state index in [4.69, 9.17) is 21.1 Å². The number of rotatable bonds is 7. The van der Waals surface area contributed by atoms with Crippen LogP contribution >= 0.6 is 22.9 Å². The van der Waals surface area contributed by atoms with Crippen molar-refractivity contribution in [3.8, 4) is 0 Å². The molecule has 178 valence electrons. The molecule has 0 aliphatic carbocycles. The van der Waals surface area contributed by atoms with E-state index in [0.717, 1.165) is 16.2 Å². The Kier molecular flexibility index (Phi) is 7.98. The molecule has 0 bridgehead atoms. The second-order valence-electron chi connectivity index (χ2n) is 7.14. The summed E-state index contributed by atoms with van der Waals surface area (Å²) in [5.41, 5.74) is 0.956. The summed E-state index contributed by atoms with van der Waals surface area (Å²) >= 11 is 6.96. The number of amides is 2. The average Bonchev–Trinajstić information content (AvgIpc) is 3.14. The molecule has 0 saturated carbocycles. The minimum absolute atomic E-state index is 0.0707. The summed E-state index contributed by atoms with van der Waals surface area (Å²) in [6.45, 7) is 2.43. The fourth-order valence-electron chi connectivity index (χ4n) is 3.37. The molecule has 1 aromatic carbocycles. The molecular weight excluding hydrogens is 492 g/mol.